The van der Waals surface area contributed by atoms with E-state index in [-0.39, 0.29) is 11.5 Å². The summed E-state index contributed by atoms with van der Waals surface area (Å²) >= 11 is 0. The predicted molar refractivity (Wildman–Crippen MR) is 64.3 cm³/mol. The van der Waals surface area contributed by atoms with Gasteiger partial charge in [-0.2, -0.15) is 0 Å². The van der Waals surface area contributed by atoms with E-state index in [1.54, 1.807) is 24.0 Å². The predicted octanol–water partition coefficient (Wildman–Crippen LogP) is 2.21. The maximum atomic E-state index is 11.7. The van der Waals surface area contributed by atoms with Crippen LogP contribution in [0.25, 0.3) is 0 Å². The number of nitrogens with zero attached hydrogens (tertiary/aromatic N) is 1. The summed E-state index contributed by atoms with van der Waals surface area (Å²) in [6.07, 6.45) is 2.45. The molecule has 0 atom stereocenters. The second-order valence-corrected chi connectivity index (χ2v) is 4.31. The van der Waals surface area contributed by atoms with E-state index in [4.69, 9.17) is 5.11 Å². The average Bonchev–Trinajstić information content (AvgIpc) is 2.30. The van der Waals surface area contributed by atoms with Crippen LogP contribution in [0.1, 0.15) is 35.2 Å². The van der Waals surface area contributed by atoms with Crippen LogP contribution in [-0.4, -0.2) is 23.5 Å². The Morgan fingerprint density at radius 3 is 2.76 bits per heavy atom. The quantitative estimate of drug-likeness (QED) is 0.852. The summed E-state index contributed by atoms with van der Waals surface area (Å²) in [6, 6.07) is 5.15. The Bertz CT molecular complexity index is 468. The second-order valence-electron chi connectivity index (χ2n) is 4.31. The van der Waals surface area contributed by atoms with Gasteiger partial charge < -0.3 is 10.0 Å². The minimum atomic E-state index is -0.950. The van der Waals surface area contributed by atoms with E-state index in [0.717, 1.165) is 12.8 Å². The van der Waals surface area contributed by atoms with E-state index < -0.39 is 5.97 Å². The van der Waals surface area contributed by atoms with Crippen LogP contribution in [0.4, 0.5) is 5.69 Å². The second kappa shape index (κ2) is 4.57. The molecule has 1 aromatic rings. The fourth-order valence-corrected chi connectivity index (χ4v) is 2.09. The number of carboxylic acid groups (broad SMARTS) is 1. The summed E-state index contributed by atoms with van der Waals surface area (Å²) in [4.78, 5) is 24.5. The Morgan fingerprint density at radius 2 is 2.12 bits per heavy atom. The van der Waals surface area contributed by atoms with Crippen molar-refractivity contribution in [2.45, 2.75) is 26.2 Å². The molecule has 1 aliphatic heterocycles. The first-order chi connectivity index (χ1) is 8.09. The van der Waals surface area contributed by atoms with Crippen molar-refractivity contribution < 1.29 is 14.7 Å². The van der Waals surface area contributed by atoms with Gasteiger partial charge in [-0.3, -0.25) is 4.79 Å². The van der Waals surface area contributed by atoms with E-state index in [1.807, 2.05) is 6.07 Å². The van der Waals surface area contributed by atoms with Gasteiger partial charge in [0.05, 0.1) is 5.56 Å². The first-order valence-electron chi connectivity index (χ1n) is 5.74. The van der Waals surface area contributed by atoms with Crippen molar-refractivity contribution in [2.24, 2.45) is 0 Å². The molecule has 90 valence electrons. The molecule has 1 heterocycles. The molecule has 1 saturated heterocycles. The number of hydrogen-bond donors (Lipinski definition) is 1. The number of carboxylic acids is 1. The van der Waals surface area contributed by atoms with Gasteiger partial charge >= 0.3 is 5.97 Å². The molecule has 0 aliphatic carbocycles. The average molecular weight is 233 g/mol. The summed E-state index contributed by atoms with van der Waals surface area (Å²) in [5.74, 6) is -0.870. The fraction of sp³-hybridized carbons (Fsp3) is 0.385. The lowest BCUT2D eigenvalue weighted by atomic mass is 10.1. The number of aryl methyl sites for hydroxylation is 1. The van der Waals surface area contributed by atoms with Crippen LogP contribution < -0.4 is 4.90 Å². The van der Waals surface area contributed by atoms with Crippen LogP contribution in [-0.2, 0) is 4.79 Å². The standard InChI is InChI=1S/C13H15NO3/c1-9-5-6-10(8-11(9)13(16)17)14-7-3-2-4-12(14)15/h5-6,8H,2-4,7H2,1H3,(H,16,17). The Balaban J connectivity index is 2.35. The van der Waals surface area contributed by atoms with Gasteiger partial charge in [-0.05, 0) is 37.5 Å². The number of rotatable bonds is 2. The summed E-state index contributed by atoms with van der Waals surface area (Å²) in [7, 11) is 0. The number of carbonyl (C=O) groups excluding carboxylic acids is 1. The third kappa shape index (κ3) is 2.30. The highest BCUT2D eigenvalue weighted by atomic mass is 16.4. The number of aromatic carboxylic acids is 1. The van der Waals surface area contributed by atoms with Gasteiger partial charge in [-0.1, -0.05) is 6.07 Å². The van der Waals surface area contributed by atoms with Gasteiger partial charge in [0.2, 0.25) is 5.91 Å². The number of amides is 1. The van der Waals surface area contributed by atoms with E-state index in [2.05, 4.69) is 0 Å². The lowest BCUT2D eigenvalue weighted by Gasteiger charge is -2.27. The molecule has 1 fully saturated rings. The third-order valence-corrected chi connectivity index (χ3v) is 3.09. The lowest BCUT2D eigenvalue weighted by Crippen LogP contribution is -2.35. The highest BCUT2D eigenvalue weighted by molar-refractivity contribution is 5.96. The summed E-state index contributed by atoms with van der Waals surface area (Å²) in [5, 5.41) is 9.05. The molecule has 2 rings (SSSR count). The number of benzene rings is 1. The highest BCUT2D eigenvalue weighted by Gasteiger charge is 2.20. The lowest BCUT2D eigenvalue weighted by molar-refractivity contribution is -0.119. The molecular weight excluding hydrogens is 218 g/mol. The monoisotopic (exact) mass is 233 g/mol. The van der Waals surface area contributed by atoms with E-state index in [1.165, 1.54) is 0 Å². The van der Waals surface area contributed by atoms with Crippen LogP contribution in [0.5, 0.6) is 0 Å². The van der Waals surface area contributed by atoms with Crippen LogP contribution >= 0.6 is 0 Å². The number of carbonyl (C=O) groups is 2. The smallest absolute Gasteiger partial charge is 0.336 e. The molecule has 17 heavy (non-hydrogen) atoms. The number of anilines is 1. The molecule has 1 amide bonds. The number of piperidine rings is 1. The van der Waals surface area contributed by atoms with Gasteiger partial charge in [0.25, 0.3) is 0 Å². The molecular formula is C13H15NO3. The molecule has 0 spiro atoms. The van der Waals surface area contributed by atoms with Gasteiger partial charge in [0.1, 0.15) is 0 Å². The van der Waals surface area contributed by atoms with Crippen molar-refractivity contribution in [3.63, 3.8) is 0 Å². The molecule has 0 unspecified atom stereocenters. The molecule has 0 bridgehead atoms. The van der Waals surface area contributed by atoms with Crippen molar-refractivity contribution in [3.05, 3.63) is 29.3 Å². The van der Waals surface area contributed by atoms with Crippen molar-refractivity contribution >= 4 is 17.6 Å². The Morgan fingerprint density at radius 1 is 1.35 bits per heavy atom. The Hall–Kier alpha value is -1.84. The molecule has 1 N–H and O–H groups in total. The fourth-order valence-electron chi connectivity index (χ4n) is 2.09. The molecule has 0 radical (unpaired) electrons. The van der Waals surface area contributed by atoms with Gasteiger partial charge in [0.15, 0.2) is 0 Å². The first kappa shape index (κ1) is 11.6. The van der Waals surface area contributed by atoms with Crippen LogP contribution in [0.2, 0.25) is 0 Å². The van der Waals surface area contributed by atoms with Gasteiger partial charge in [-0.15, -0.1) is 0 Å². The van der Waals surface area contributed by atoms with E-state index >= 15 is 0 Å². The first-order valence-corrected chi connectivity index (χ1v) is 5.74. The van der Waals surface area contributed by atoms with E-state index in [9.17, 15) is 9.59 Å². The molecule has 1 aliphatic rings. The van der Waals surface area contributed by atoms with Crippen molar-refractivity contribution in [2.75, 3.05) is 11.4 Å². The van der Waals surface area contributed by atoms with Crippen molar-refractivity contribution in [3.8, 4) is 0 Å². The molecule has 4 heteroatoms. The zero-order valence-electron chi connectivity index (χ0n) is 9.77. The third-order valence-electron chi connectivity index (χ3n) is 3.09. The summed E-state index contributed by atoms with van der Waals surface area (Å²) in [6.45, 7) is 2.44. The van der Waals surface area contributed by atoms with Gasteiger partial charge in [0, 0.05) is 18.7 Å². The molecule has 1 aromatic carbocycles. The maximum Gasteiger partial charge on any atom is 0.336 e. The van der Waals surface area contributed by atoms with Crippen LogP contribution in [0, 0.1) is 6.92 Å². The van der Waals surface area contributed by atoms with Crippen molar-refractivity contribution in [1.29, 1.82) is 0 Å². The normalized spacial score (nSPS) is 16.1. The highest BCUT2D eigenvalue weighted by Crippen LogP contribution is 2.23. The Kier molecular flexibility index (Phi) is 3.13. The number of hydrogen-bond acceptors (Lipinski definition) is 2. The summed E-state index contributed by atoms with van der Waals surface area (Å²) in [5.41, 5.74) is 1.67. The zero-order chi connectivity index (χ0) is 12.4. The van der Waals surface area contributed by atoms with Gasteiger partial charge in [-0.25, -0.2) is 4.79 Å². The minimum Gasteiger partial charge on any atom is -0.478 e. The maximum absolute atomic E-state index is 11.7. The van der Waals surface area contributed by atoms with Crippen LogP contribution in [0.15, 0.2) is 18.2 Å². The summed E-state index contributed by atoms with van der Waals surface area (Å²) < 4.78 is 0. The molecule has 0 aromatic heterocycles. The van der Waals surface area contributed by atoms with E-state index in [0.29, 0.717) is 24.2 Å². The zero-order valence-corrected chi connectivity index (χ0v) is 9.77. The Labute approximate surface area is 99.9 Å². The SMILES string of the molecule is Cc1ccc(N2CCCCC2=O)cc1C(=O)O. The molecule has 4 nitrogen and oxygen atoms in total. The molecule has 0 saturated carbocycles. The van der Waals surface area contributed by atoms with Crippen LogP contribution in [0.3, 0.4) is 0 Å². The van der Waals surface area contributed by atoms with Crippen molar-refractivity contribution in [1.82, 2.24) is 0 Å². The largest absolute Gasteiger partial charge is 0.478 e. The topological polar surface area (TPSA) is 57.6 Å². The minimum absolute atomic E-state index is 0.0800.